The molecule has 1 aromatic carbocycles. The van der Waals surface area contributed by atoms with Crippen LogP contribution in [-0.4, -0.2) is 36.2 Å². The lowest BCUT2D eigenvalue weighted by molar-refractivity contribution is 0.166. The summed E-state index contributed by atoms with van der Waals surface area (Å²) in [5, 5.41) is 22.4. The van der Waals surface area contributed by atoms with E-state index in [1.807, 2.05) is 13.0 Å². The Bertz CT molecular complexity index is 502. The van der Waals surface area contributed by atoms with Crippen LogP contribution in [0.15, 0.2) is 12.1 Å². The number of phenols is 1. The Morgan fingerprint density at radius 1 is 1.38 bits per heavy atom. The van der Waals surface area contributed by atoms with Crippen molar-refractivity contribution >= 4 is 24.8 Å². The molecule has 0 aliphatic carbocycles. The van der Waals surface area contributed by atoms with Gasteiger partial charge < -0.3 is 10.4 Å². The van der Waals surface area contributed by atoms with Gasteiger partial charge in [0.1, 0.15) is 0 Å². The van der Waals surface area contributed by atoms with Gasteiger partial charge in [0.05, 0.1) is 11.6 Å². The summed E-state index contributed by atoms with van der Waals surface area (Å²) in [6, 6.07) is 4.51. The van der Waals surface area contributed by atoms with Crippen LogP contribution in [0.2, 0.25) is 0 Å². The summed E-state index contributed by atoms with van der Waals surface area (Å²) in [6.07, 6.45) is 0.728. The number of nitrogens with zero attached hydrogens (tertiary/aromatic N) is 2. The summed E-state index contributed by atoms with van der Waals surface area (Å²) >= 11 is 0. The molecular formula is C14H20Cl2FN3O. The van der Waals surface area contributed by atoms with Crippen LogP contribution >= 0.6 is 24.8 Å². The van der Waals surface area contributed by atoms with Gasteiger partial charge in [-0.3, -0.25) is 4.90 Å². The van der Waals surface area contributed by atoms with Crippen LogP contribution in [-0.2, 0) is 0 Å². The smallest absolute Gasteiger partial charge is 0.165 e. The second-order valence-electron chi connectivity index (χ2n) is 4.68. The zero-order valence-corrected chi connectivity index (χ0v) is 13.4. The average Bonchev–Trinajstić information content (AvgIpc) is 2.45. The van der Waals surface area contributed by atoms with Crippen molar-refractivity contribution in [3.63, 3.8) is 0 Å². The third-order valence-electron chi connectivity index (χ3n) is 3.60. The summed E-state index contributed by atoms with van der Waals surface area (Å²) in [7, 11) is 0. The van der Waals surface area contributed by atoms with E-state index in [1.165, 1.54) is 6.07 Å². The lowest BCUT2D eigenvalue weighted by atomic mass is 9.95. The molecule has 1 fully saturated rings. The van der Waals surface area contributed by atoms with Gasteiger partial charge in [-0.2, -0.15) is 5.26 Å². The van der Waals surface area contributed by atoms with Crippen molar-refractivity contribution in [2.24, 2.45) is 0 Å². The highest BCUT2D eigenvalue weighted by atomic mass is 35.5. The molecule has 1 heterocycles. The van der Waals surface area contributed by atoms with Crippen LogP contribution in [0.1, 0.15) is 30.5 Å². The van der Waals surface area contributed by atoms with E-state index in [4.69, 9.17) is 5.26 Å². The molecule has 2 rings (SSSR count). The zero-order valence-electron chi connectivity index (χ0n) is 11.8. The molecule has 0 spiro atoms. The Hall–Kier alpha value is -1.06. The van der Waals surface area contributed by atoms with Crippen LogP contribution in [0.3, 0.4) is 0 Å². The van der Waals surface area contributed by atoms with Crippen molar-refractivity contribution in [2.75, 3.05) is 26.2 Å². The minimum absolute atomic E-state index is 0. The Morgan fingerprint density at radius 2 is 2.00 bits per heavy atom. The number of phenolic OH excluding ortho intramolecular Hbond substituents is 1. The molecule has 1 saturated heterocycles. The first-order chi connectivity index (χ1) is 9.19. The van der Waals surface area contributed by atoms with Gasteiger partial charge in [-0.1, -0.05) is 6.92 Å². The van der Waals surface area contributed by atoms with Gasteiger partial charge in [0.25, 0.3) is 0 Å². The van der Waals surface area contributed by atoms with E-state index >= 15 is 0 Å². The number of nitriles is 1. The molecule has 118 valence electrons. The molecule has 1 aliphatic rings. The van der Waals surface area contributed by atoms with Gasteiger partial charge in [0, 0.05) is 37.8 Å². The number of rotatable bonds is 3. The van der Waals surface area contributed by atoms with E-state index in [0.717, 1.165) is 38.7 Å². The highest BCUT2D eigenvalue weighted by molar-refractivity contribution is 5.85. The highest BCUT2D eigenvalue weighted by Gasteiger charge is 2.26. The predicted molar refractivity (Wildman–Crippen MR) is 84.8 cm³/mol. The largest absolute Gasteiger partial charge is 0.505 e. The van der Waals surface area contributed by atoms with E-state index in [-0.39, 0.29) is 36.6 Å². The van der Waals surface area contributed by atoms with E-state index in [2.05, 4.69) is 10.2 Å². The summed E-state index contributed by atoms with van der Waals surface area (Å²) in [5.74, 6) is -1.05. The first-order valence-corrected chi connectivity index (χ1v) is 6.55. The topological polar surface area (TPSA) is 59.3 Å². The van der Waals surface area contributed by atoms with Crippen molar-refractivity contribution in [1.82, 2.24) is 10.2 Å². The zero-order chi connectivity index (χ0) is 13.8. The summed E-state index contributed by atoms with van der Waals surface area (Å²) in [6.45, 7) is 5.39. The number of nitrogens with one attached hydrogen (secondary N) is 1. The first kappa shape index (κ1) is 19.9. The summed E-state index contributed by atoms with van der Waals surface area (Å²) in [5.41, 5.74) is 0.774. The number of aromatic hydroxyl groups is 1. The molecule has 1 atom stereocenters. The maximum absolute atomic E-state index is 13.6. The van der Waals surface area contributed by atoms with Gasteiger partial charge in [-0.25, -0.2) is 4.39 Å². The molecular weight excluding hydrogens is 316 g/mol. The fourth-order valence-electron chi connectivity index (χ4n) is 2.65. The molecule has 7 heteroatoms. The van der Waals surface area contributed by atoms with E-state index < -0.39 is 5.82 Å². The second kappa shape index (κ2) is 9.06. The predicted octanol–water partition coefficient (Wildman–Crippen LogP) is 2.60. The molecule has 21 heavy (non-hydrogen) atoms. The molecule has 4 nitrogen and oxygen atoms in total. The van der Waals surface area contributed by atoms with Gasteiger partial charge in [0.15, 0.2) is 11.6 Å². The number of hydrogen-bond acceptors (Lipinski definition) is 4. The Balaban J connectivity index is 0.00000200. The molecule has 0 saturated carbocycles. The number of piperazine rings is 1. The van der Waals surface area contributed by atoms with E-state index in [0.29, 0.717) is 11.1 Å². The molecule has 0 aromatic heterocycles. The molecule has 0 amide bonds. The van der Waals surface area contributed by atoms with Crippen molar-refractivity contribution in [3.05, 3.63) is 29.1 Å². The number of halogens is 3. The fraction of sp³-hybridized carbons (Fsp3) is 0.500. The minimum Gasteiger partial charge on any atom is -0.505 e. The number of hydrogen-bond donors (Lipinski definition) is 2. The quantitative estimate of drug-likeness (QED) is 0.891. The average molecular weight is 336 g/mol. The third kappa shape index (κ3) is 4.21. The summed E-state index contributed by atoms with van der Waals surface area (Å²) < 4.78 is 13.6. The lowest BCUT2D eigenvalue weighted by Gasteiger charge is -2.35. The van der Waals surface area contributed by atoms with Gasteiger partial charge in [-0.05, 0) is 18.6 Å². The number of benzene rings is 1. The Labute approximate surface area is 136 Å². The molecule has 2 N–H and O–H groups in total. The maximum atomic E-state index is 13.6. The van der Waals surface area contributed by atoms with Crippen LogP contribution in [0.4, 0.5) is 4.39 Å². The van der Waals surface area contributed by atoms with Gasteiger partial charge in [0.2, 0.25) is 0 Å². The van der Waals surface area contributed by atoms with Crippen molar-refractivity contribution < 1.29 is 9.50 Å². The highest BCUT2D eigenvalue weighted by Crippen LogP contribution is 2.35. The molecule has 0 bridgehead atoms. The molecule has 0 unspecified atom stereocenters. The normalized spacial score (nSPS) is 16.2. The van der Waals surface area contributed by atoms with Crippen LogP contribution in [0.5, 0.6) is 5.75 Å². The van der Waals surface area contributed by atoms with Gasteiger partial charge >= 0.3 is 0 Å². The lowest BCUT2D eigenvalue weighted by Crippen LogP contribution is -2.45. The second-order valence-corrected chi connectivity index (χ2v) is 4.68. The van der Waals surface area contributed by atoms with Crippen molar-refractivity contribution in [1.29, 1.82) is 5.26 Å². The van der Waals surface area contributed by atoms with Crippen molar-refractivity contribution in [3.8, 4) is 11.8 Å². The Kier molecular flexibility index (Phi) is 8.60. The first-order valence-electron chi connectivity index (χ1n) is 6.55. The van der Waals surface area contributed by atoms with E-state index in [1.54, 1.807) is 0 Å². The van der Waals surface area contributed by atoms with E-state index in [9.17, 15) is 9.50 Å². The third-order valence-corrected chi connectivity index (χ3v) is 3.60. The molecule has 1 aromatic rings. The Morgan fingerprint density at radius 3 is 2.52 bits per heavy atom. The molecule has 1 aliphatic heterocycles. The van der Waals surface area contributed by atoms with Gasteiger partial charge in [-0.15, -0.1) is 24.8 Å². The molecule has 0 radical (unpaired) electrons. The maximum Gasteiger partial charge on any atom is 0.165 e. The van der Waals surface area contributed by atoms with Crippen LogP contribution < -0.4 is 5.32 Å². The standard InChI is InChI=1S/C14H18FN3O.2ClH/c1-2-12(18-7-5-17-6-8-18)13-10(9-16)3-4-11(15)14(13)19;;/h3-4,12,17,19H,2,5-8H2,1H3;2*1H/t12-;;/m0../s1. The van der Waals surface area contributed by atoms with Crippen LogP contribution in [0, 0.1) is 17.1 Å². The van der Waals surface area contributed by atoms with Crippen LogP contribution in [0.25, 0.3) is 0 Å². The minimum atomic E-state index is -0.664. The summed E-state index contributed by atoms with van der Waals surface area (Å²) in [4.78, 5) is 2.19. The fourth-order valence-corrected chi connectivity index (χ4v) is 2.65. The van der Waals surface area contributed by atoms with Crippen molar-refractivity contribution in [2.45, 2.75) is 19.4 Å². The SMILES string of the molecule is CC[C@@H](c1c(C#N)ccc(F)c1O)N1CCNCC1.Cl.Cl. The monoisotopic (exact) mass is 335 g/mol.